The van der Waals surface area contributed by atoms with E-state index in [0.29, 0.717) is 11.3 Å². The highest BCUT2D eigenvalue weighted by Crippen LogP contribution is 2.42. The molecule has 142 valence electrons. The Morgan fingerprint density at radius 2 is 1.81 bits per heavy atom. The van der Waals surface area contributed by atoms with Crippen molar-refractivity contribution in [3.05, 3.63) is 64.9 Å². The van der Waals surface area contributed by atoms with Gasteiger partial charge >= 0.3 is 5.97 Å². The van der Waals surface area contributed by atoms with E-state index in [1.54, 1.807) is 18.2 Å². The summed E-state index contributed by atoms with van der Waals surface area (Å²) in [6.07, 6.45) is 2.49. The molecule has 0 saturated heterocycles. The van der Waals surface area contributed by atoms with Crippen LogP contribution in [0.2, 0.25) is 0 Å². The first kappa shape index (κ1) is 19.0. The Hall–Kier alpha value is -2.75. The van der Waals surface area contributed by atoms with E-state index in [1.165, 1.54) is 7.11 Å². The van der Waals surface area contributed by atoms with Crippen molar-refractivity contribution in [2.24, 2.45) is 0 Å². The van der Waals surface area contributed by atoms with E-state index in [0.717, 1.165) is 47.1 Å². The van der Waals surface area contributed by atoms with Crippen LogP contribution >= 0.6 is 0 Å². The van der Waals surface area contributed by atoms with E-state index in [9.17, 15) is 9.90 Å². The van der Waals surface area contributed by atoms with Gasteiger partial charge in [-0.3, -0.25) is 0 Å². The lowest BCUT2D eigenvalue weighted by molar-refractivity contribution is 0.0601. The number of fused-ring (bicyclic) bond motifs is 1. The largest absolute Gasteiger partial charge is 0.508 e. The zero-order valence-electron chi connectivity index (χ0n) is 16.3. The van der Waals surface area contributed by atoms with Crippen LogP contribution in [0.5, 0.6) is 5.75 Å². The maximum atomic E-state index is 11.8. The average Bonchev–Trinajstić information content (AvgIpc) is 3.13. The maximum Gasteiger partial charge on any atom is 0.337 e. The predicted octanol–water partition coefficient (Wildman–Crippen LogP) is 5.59. The summed E-state index contributed by atoms with van der Waals surface area (Å²) in [5, 5.41) is 11.0. The van der Waals surface area contributed by atoms with Crippen LogP contribution in [0.4, 0.5) is 0 Å². The zero-order chi connectivity index (χ0) is 19.6. The maximum absolute atomic E-state index is 11.8. The quantitative estimate of drug-likeness (QED) is 0.577. The highest BCUT2D eigenvalue weighted by atomic mass is 16.5. The highest BCUT2D eigenvalue weighted by molar-refractivity contribution is 5.94. The lowest BCUT2D eigenvalue weighted by Crippen LogP contribution is -2.25. The summed E-state index contributed by atoms with van der Waals surface area (Å²) < 4.78 is 11.0. The molecule has 0 aliphatic rings. The molecule has 1 aromatic heterocycles. The van der Waals surface area contributed by atoms with Crippen LogP contribution in [0.3, 0.4) is 0 Å². The number of esters is 1. The van der Waals surface area contributed by atoms with E-state index in [-0.39, 0.29) is 11.4 Å². The minimum absolute atomic E-state index is 0.290. The van der Waals surface area contributed by atoms with Crippen molar-refractivity contribution in [1.82, 2.24) is 0 Å². The molecule has 2 aromatic carbocycles. The van der Waals surface area contributed by atoms with Gasteiger partial charge in [-0.2, -0.15) is 0 Å². The number of rotatable bonds is 6. The molecule has 0 bridgehead atoms. The van der Waals surface area contributed by atoms with Crippen molar-refractivity contribution < 1.29 is 19.1 Å². The molecule has 4 heteroatoms. The topological polar surface area (TPSA) is 59.7 Å². The Kier molecular flexibility index (Phi) is 5.26. The monoisotopic (exact) mass is 366 g/mol. The molecule has 0 amide bonds. The minimum Gasteiger partial charge on any atom is -0.508 e. The Bertz CT molecular complexity index is 964. The van der Waals surface area contributed by atoms with Gasteiger partial charge in [0, 0.05) is 5.39 Å². The molecule has 0 unspecified atom stereocenters. The van der Waals surface area contributed by atoms with Gasteiger partial charge in [0.1, 0.15) is 17.1 Å². The number of furan rings is 1. The molecule has 3 rings (SSSR count). The zero-order valence-corrected chi connectivity index (χ0v) is 16.3. The molecule has 3 aromatic rings. The van der Waals surface area contributed by atoms with Gasteiger partial charge in [-0.1, -0.05) is 32.9 Å². The van der Waals surface area contributed by atoms with Gasteiger partial charge in [-0.05, 0) is 60.7 Å². The standard InChI is InChI=1S/C23H26O4/c1-5-15-13-18(9-10-19(15)24)23(6-2,7-3)21-14-17-12-16(22(25)26-4)8-11-20(17)27-21/h8-14,24H,5-7H2,1-4H3. The first-order chi connectivity index (χ1) is 13.0. The molecule has 0 fully saturated rings. The number of benzene rings is 2. The number of carbonyl (C=O) groups excluding carboxylic acids is 1. The number of aryl methyl sites for hydroxylation is 1. The minimum atomic E-state index is -0.358. The van der Waals surface area contributed by atoms with Crippen molar-refractivity contribution in [3.8, 4) is 5.75 Å². The molecule has 0 spiro atoms. The molecular weight excluding hydrogens is 340 g/mol. The summed E-state index contributed by atoms with van der Waals surface area (Å²) in [4.78, 5) is 11.8. The SMILES string of the molecule is CCc1cc(C(CC)(CC)c2cc3cc(C(=O)OC)ccc3o2)ccc1O. The number of carbonyl (C=O) groups is 1. The van der Waals surface area contributed by atoms with Gasteiger partial charge in [0.2, 0.25) is 0 Å². The van der Waals surface area contributed by atoms with Crippen LogP contribution in [0.1, 0.15) is 60.9 Å². The number of aromatic hydroxyl groups is 1. The Labute approximate surface area is 159 Å². The first-order valence-corrected chi connectivity index (χ1v) is 9.43. The number of hydrogen-bond acceptors (Lipinski definition) is 4. The molecule has 27 heavy (non-hydrogen) atoms. The molecule has 1 N–H and O–H groups in total. The van der Waals surface area contributed by atoms with Gasteiger partial charge < -0.3 is 14.3 Å². The van der Waals surface area contributed by atoms with Gasteiger partial charge in [0.25, 0.3) is 0 Å². The molecule has 0 aliphatic carbocycles. The van der Waals surface area contributed by atoms with Gasteiger partial charge in [-0.25, -0.2) is 4.79 Å². The third-order valence-corrected chi connectivity index (χ3v) is 5.63. The smallest absolute Gasteiger partial charge is 0.337 e. The summed E-state index contributed by atoms with van der Waals surface area (Å²) in [6.45, 7) is 6.33. The van der Waals surface area contributed by atoms with E-state index in [2.05, 4.69) is 19.9 Å². The van der Waals surface area contributed by atoms with E-state index >= 15 is 0 Å². The van der Waals surface area contributed by atoms with Crippen LogP contribution in [-0.2, 0) is 16.6 Å². The third kappa shape index (κ3) is 3.20. The number of phenolic OH excluding ortho intramolecular Hbond substituents is 1. The van der Waals surface area contributed by atoms with Crippen LogP contribution in [0.15, 0.2) is 46.9 Å². The summed E-state index contributed by atoms with van der Waals surface area (Å²) in [6, 6.07) is 13.2. The van der Waals surface area contributed by atoms with Crippen LogP contribution in [0.25, 0.3) is 11.0 Å². The predicted molar refractivity (Wildman–Crippen MR) is 106 cm³/mol. The normalized spacial score (nSPS) is 11.7. The van der Waals surface area contributed by atoms with Crippen molar-refractivity contribution >= 4 is 16.9 Å². The van der Waals surface area contributed by atoms with E-state index in [1.807, 2.05) is 25.1 Å². The average molecular weight is 366 g/mol. The number of hydrogen-bond donors (Lipinski definition) is 1. The van der Waals surface area contributed by atoms with Crippen molar-refractivity contribution in [1.29, 1.82) is 0 Å². The Morgan fingerprint density at radius 3 is 2.44 bits per heavy atom. The number of phenols is 1. The fraction of sp³-hybridized carbons (Fsp3) is 0.348. The fourth-order valence-corrected chi connectivity index (χ4v) is 3.84. The molecule has 0 radical (unpaired) electrons. The van der Waals surface area contributed by atoms with E-state index in [4.69, 9.17) is 9.15 Å². The van der Waals surface area contributed by atoms with Crippen molar-refractivity contribution in [2.45, 2.75) is 45.4 Å². The number of methoxy groups -OCH3 is 1. The lowest BCUT2D eigenvalue weighted by Gasteiger charge is -2.30. The molecule has 1 heterocycles. The summed E-state index contributed by atoms with van der Waals surface area (Å²) in [7, 11) is 1.38. The second-order valence-electron chi connectivity index (χ2n) is 6.84. The summed E-state index contributed by atoms with van der Waals surface area (Å²) >= 11 is 0. The lowest BCUT2D eigenvalue weighted by atomic mass is 9.73. The third-order valence-electron chi connectivity index (χ3n) is 5.63. The molecule has 0 aliphatic heterocycles. The highest BCUT2D eigenvalue weighted by Gasteiger charge is 2.34. The molecular formula is C23H26O4. The Morgan fingerprint density at radius 1 is 1.07 bits per heavy atom. The number of ether oxygens (including phenoxy) is 1. The van der Waals surface area contributed by atoms with Crippen molar-refractivity contribution in [3.63, 3.8) is 0 Å². The Balaban J connectivity index is 2.15. The molecule has 4 nitrogen and oxygen atoms in total. The van der Waals surface area contributed by atoms with Gasteiger partial charge in [-0.15, -0.1) is 0 Å². The van der Waals surface area contributed by atoms with E-state index < -0.39 is 0 Å². The second-order valence-corrected chi connectivity index (χ2v) is 6.84. The molecule has 0 saturated carbocycles. The molecule has 0 atom stereocenters. The first-order valence-electron chi connectivity index (χ1n) is 9.43. The van der Waals surface area contributed by atoms with Crippen LogP contribution < -0.4 is 0 Å². The van der Waals surface area contributed by atoms with Crippen LogP contribution in [-0.4, -0.2) is 18.2 Å². The van der Waals surface area contributed by atoms with Gasteiger partial charge in [0.15, 0.2) is 0 Å². The van der Waals surface area contributed by atoms with Gasteiger partial charge in [0.05, 0.1) is 18.1 Å². The summed E-state index contributed by atoms with van der Waals surface area (Å²) in [5.41, 5.74) is 3.03. The summed E-state index contributed by atoms with van der Waals surface area (Å²) in [5.74, 6) is 0.843. The second kappa shape index (κ2) is 7.47. The van der Waals surface area contributed by atoms with Crippen LogP contribution in [0, 0.1) is 0 Å². The van der Waals surface area contributed by atoms with Crippen molar-refractivity contribution in [2.75, 3.05) is 7.11 Å². The fourth-order valence-electron chi connectivity index (χ4n) is 3.84.